The van der Waals surface area contributed by atoms with Gasteiger partial charge in [-0.25, -0.2) is 9.97 Å². The van der Waals surface area contributed by atoms with Crippen LogP contribution in [0.3, 0.4) is 0 Å². The molecule has 1 saturated heterocycles. The first kappa shape index (κ1) is 21.4. The van der Waals surface area contributed by atoms with Crippen LogP contribution in [0.5, 0.6) is 5.75 Å². The van der Waals surface area contributed by atoms with Crippen molar-refractivity contribution in [3.05, 3.63) is 77.8 Å². The Labute approximate surface area is 197 Å². The average Bonchev–Trinajstić information content (AvgIpc) is 3.36. The first-order valence-corrected chi connectivity index (χ1v) is 12.1. The van der Waals surface area contributed by atoms with Gasteiger partial charge in [-0.2, -0.15) is 0 Å². The number of piperidine rings is 1. The third-order valence-corrected chi connectivity index (χ3v) is 6.70. The van der Waals surface area contributed by atoms with Gasteiger partial charge >= 0.3 is 0 Å². The lowest BCUT2D eigenvalue weighted by Gasteiger charge is -2.33. The molecule has 7 heteroatoms. The second-order valence-electron chi connectivity index (χ2n) is 8.29. The van der Waals surface area contributed by atoms with E-state index in [1.165, 1.54) is 16.9 Å². The van der Waals surface area contributed by atoms with E-state index in [1.807, 2.05) is 23.6 Å². The monoisotopic (exact) mass is 458 g/mol. The number of ether oxygens (including phenoxy) is 1. The van der Waals surface area contributed by atoms with Crippen molar-refractivity contribution in [1.29, 1.82) is 0 Å². The number of anilines is 2. The van der Waals surface area contributed by atoms with Crippen LogP contribution in [0.25, 0.3) is 10.9 Å². The van der Waals surface area contributed by atoms with Crippen LogP contribution in [0.1, 0.15) is 18.4 Å². The minimum absolute atomic E-state index is 0.0878. The Kier molecular flexibility index (Phi) is 6.48. The van der Waals surface area contributed by atoms with Crippen LogP contribution in [0.15, 0.2) is 72.2 Å². The largest absolute Gasteiger partial charge is 0.481 e. The molecule has 5 rings (SSSR count). The third kappa shape index (κ3) is 5.31. The number of amides is 1. The minimum Gasteiger partial charge on any atom is -0.481 e. The van der Waals surface area contributed by atoms with Crippen molar-refractivity contribution in [2.24, 2.45) is 5.92 Å². The fourth-order valence-corrected chi connectivity index (χ4v) is 4.84. The lowest BCUT2D eigenvalue weighted by Crippen LogP contribution is -2.34. The summed E-state index contributed by atoms with van der Waals surface area (Å²) in [7, 11) is 0. The molecule has 0 bridgehead atoms. The Hall–Kier alpha value is -3.45. The van der Waals surface area contributed by atoms with Crippen LogP contribution in [0, 0.1) is 5.92 Å². The van der Waals surface area contributed by atoms with Gasteiger partial charge in [-0.3, -0.25) is 10.1 Å². The van der Waals surface area contributed by atoms with Gasteiger partial charge in [0, 0.05) is 30.1 Å². The molecule has 2 aromatic heterocycles. The Morgan fingerprint density at radius 3 is 2.70 bits per heavy atom. The minimum atomic E-state index is -0.237. The van der Waals surface area contributed by atoms with Crippen LogP contribution in [-0.2, 0) is 11.2 Å². The molecule has 6 nitrogen and oxygen atoms in total. The van der Waals surface area contributed by atoms with Crippen molar-refractivity contribution < 1.29 is 9.53 Å². The SMILES string of the molecule is O=C(COc1cccc2ccc(N3CCC(Cc4ccccc4)CC3)nc12)Nc1nccs1. The number of pyridine rings is 1. The summed E-state index contributed by atoms with van der Waals surface area (Å²) in [5.74, 6) is 2.05. The first-order valence-electron chi connectivity index (χ1n) is 11.3. The zero-order valence-corrected chi connectivity index (χ0v) is 19.1. The van der Waals surface area contributed by atoms with Gasteiger partial charge in [0.05, 0.1) is 0 Å². The second-order valence-corrected chi connectivity index (χ2v) is 9.19. The molecule has 1 fully saturated rings. The summed E-state index contributed by atoms with van der Waals surface area (Å²) in [6.07, 6.45) is 5.11. The highest BCUT2D eigenvalue weighted by molar-refractivity contribution is 7.13. The van der Waals surface area contributed by atoms with Gasteiger partial charge in [0.2, 0.25) is 0 Å². The number of nitrogens with one attached hydrogen (secondary N) is 1. The molecule has 1 aliphatic heterocycles. The Morgan fingerprint density at radius 2 is 1.91 bits per heavy atom. The van der Waals surface area contributed by atoms with Gasteiger partial charge in [0.25, 0.3) is 5.91 Å². The van der Waals surface area contributed by atoms with Crippen molar-refractivity contribution in [2.75, 3.05) is 29.9 Å². The first-order chi connectivity index (χ1) is 16.2. The Bertz CT molecular complexity index is 1210. The van der Waals surface area contributed by atoms with Crippen LogP contribution in [-0.4, -0.2) is 35.6 Å². The third-order valence-electron chi connectivity index (χ3n) is 6.01. The van der Waals surface area contributed by atoms with E-state index in [0.717, 1.165) is 49.1 Å². The van der Waals surface area contributed by atoms with Crippen molar-refractivity contribution >= 4 is 39.1 Å². The normalized spacial score (nSPS) is 14.4. The maximum absolute atomic E-state index is 12.2. The Balaban J connectivity index is 1.24. The number of nitrogens with zero attached hydrogens (tertiary/aromatic N) is 3. The molecule has 0 aliphatic carbocycles. The number of thiazole rings is 1. The topological polar surface area (TPSA) is 67.3 Å². The van der Waals surface area contributed by atoms with E-state index < -0.39 is 0 Å². The maximum Gasteiger partial charge on any atom is 0.264 e. The summed E-state index contributed by atoms with van der Waals surface area (Å²) in [4.78, 5) is 23.5. The number of carbonyl (C=O) groups excluding carboxylic acids is 1. The zero-order chi connectivity index (χ0) is 22.5. The van der Waals surface area contributed by atoms with Crippen molar-refractivity contribution in [2.45, 2.75) is 19.3 Å². The van der Waals surface area contributed by atoms with E-state index >= 15 is 0 Å². The smallest absolute Gasteiger partial charge is 0.264 e. The molecule has 0 unspecified atom stereocenters. The Morgan fingerprint density at radius 1 is 1.06 bits per heavy atom. The molecule has 0 atom stereocenters. The van der Waals surface area contributed by atoms with Crippen LogP contribution < -0.4 is 15.0 Å². The van der Waals surface area contributed by atoms with Gasteiger partial charge in [-0.1, -0.05) is 42.5 Å². The summed E-state index contributed by atoms with van der Waals surface area (Å²) in [5, 5.41) is 6.12. The summed E-state index contributed by atoms with van der Waals surface area (Å²) >= 11 is 1.38. The van der Waals surface area contributed by atoms with Gasteiger partial charge in [-0.05, 0) is 48.9 Å². The summed E-state index contributed by atoms with van der Waals surface area (Å²) in [6.45, 7) is 1.90. The number of benzene rings is 2. The van der Waals surface area contributed by atoms with E-state index in [1.54, 1.807) is 6.20 Å². The number of carbonyl (C=O) groups is 1. The molecule has 4 aromatic rings. The van der Waals surface area contributed by atoms with Crippen LogP contribution in [0.2, 0.25) is 0 Å². The van der Waals surface area contributed by atoms with E-state index in [9.17, 15) is 4.79 Å². The highest BCUT2D eigenvalue weighted by Crippen LogP contribution is 2.29. The van der Waals surface area contributed by atoms with E-state index in [-0.39, 0.29) is 12.5 Å². The molecular weight excluding hydrogens is 432 g/mol. The molecule has 1 aliphatic rings. The van der Waals surface area contributed by atoms with Crippen LogP contribution in [0.4, 0.5) is 10.9 Å². The summed E-state index contributed by atoms with van der Waals surface area (Å²) < 4.78 is 5.84. The van der Waals surface area contributed by atoms with Gasteiger partial charge in [-0.15, -0.1) is 11.3 Å². The van der Waals surface area contributed by atoms with E-state index in [2.05, 4.69) is 57.7 Å². The molecule has 0 spiro atoms. The maximum atomic E-state index is 12.2. The number of hydrogen-bond donors (Lipinski definition) is 1. The van der Waals surface area contributed by atoms with Gasteiger partial charge in [0.1, 0.15) is 17.1 Å². The number of hydrogen-bond acceptors (Lipinski definition) is 6. The van der Waals surface area contributed by atoms with Gasteiger partial charge < -0.3 is 9.64 Å². The van der Waals surface area contributed by atoms with Gasteiger partial charge in [0.15, 0.2) is 11.7 Å². The quantitative estimate of drug-likeness (QED) is 0.414. The summed E-state index contributed by atoms with van der Waals surface area (Å²) in [5.41, 5.74) is 2.20. The second kappa shape index (κ2) is 10.0. The molecule has 1 amide bonds. The zero-order valence-electron chi connectivity index (χ0n) is 18.3. The van der Waals surface area contributed by atoms with E-state index in [0.29, 0.717) is 16.8 Å². The van der Waals surface area contributed by atoms with E-state index in [4.69, 9.17) is 9.72 Å². The fraction of sp³-hybridized carbons (Fsp3) is 0.269. The molecule has 2 aromatic carbocycles. The molecule has 33 heavy (non-hydrogen) atoms. The molecular formula is C26H26N4O2S. The number of aromatic nitrogens is 2. The number of para-hydroxylation sites is 1. The highest BCUT2D eigenvalue weighted by Gasteiger charge is 2.21. The standard InChI is InChI=1S/C26H26N4O2S/c31-24(29-26-27-13-16-33-26)18-32-22-8-4-7-21-9-10-23(28-25(21)22)30-14-11-20(12-15-30)17-19-5-2-1-3-6-19/h1-10,13,16,20H,11-12,14-15,17-18H2,(H,27,29,31). The highest BCUT2D eigenvalue weighted by atomic mass is 32.1. The molecule has 3 heterocycles. The van der Waals surface area contributed by atoms with Crippen LogP contribution >= 0.6 is 11.3 Å². The van der Waals surface area contributed by atoms with Crippen molar-refractivity contribution in [3.63, 3.8) is 0 Å². The molecule has 0 radical (unpaired) electrons. The summed E-state index contributed by atoms with van der Waals surface area (Å²) in [6, 6.07) is 20.7. The predicted octanol–water partition coefficient (Wildman–Crippen LogP) is 5.17. The van der Waals surface area contributed by atoms with Crippen molar-refractivity contribution in [3.8, 4) is 5.75 Å². The lowest BCUT2D eigenvalue weighted by molar-refractivity contribution is -0.118. The number of fused-ring (bicyclic) bond motifs is 1. The fourth-order valence-electron chi connectivity index (χ4n) is 4.30. The molecule has 0 saturated carbocycles. The molecule has 168 valence electrons. The lowest BCUT2D eigenvalue weighted by atomic mass is 9.90. The molecule has 1 N–H and O–H groups in total. The number of rotatable bonds is 7. The van der Waals surface area contributed by atoms with Crippen molar-refractivity contribution in [1.82, 2.24) is 9.97 Å². The predicted molar refractivity (Wildman–Crippen MR) is 133 cm³/mol. The average molecular weight is 459 g/mol.